The normalized spacial score (nSPS) is 42.4. The van der Waals surface area contributed by atoms with Gasteiger partial charge < -0.3 is 131 Å². The van der Waals surface area contributed by atoms with Crippen LogP contribution in [-0.4, -0.2) is 277 Å². The van der Waals surface area contributed by atoms with Gasteiger partial charge in [0.05, 0.1) is 50.7 Å². The average molecular weight is 941 g/mol. The molecular formula is C34H56N2O28. The number of rotatable bonds is 19. The third kappa shape index (κ3) is 11.2. The van der Waals surface area contributed by atoms with Crippen molar-refractivity contribution in [3.05, 3.63) is 0 Å². The molecule has 0 aromatic heterocycles. The summed E-state index contributed by atoms with van der Waals surface area (Å²) in [5.74, 6) is -13.2. The molecule has 4 aliphatic rings. The summed E-state index contributed by atoms with van der Waals surface area (Å²) in [6.45, 7) is -5.08. The number of ether oxygens (including phenoxy) is 7. The number of aliphatic hydroxyl groups is 15. The summed E-state index contributed by atoms with van der Waals surface area (Å²) in [6.07, 6.45) is -41.5. The fraction of sp³-hybridized carbons (Fsp3) is 0.882. The number of carbonyl (C=O) groups excluding carboxylic acids is 2. The SMILES string of the molecule is CC(=O)N[C@H]1[C@H]([C@H](O)[C@H](O)CO)O[C@@](O[C@H](CO)[C@@H](O)[C@@H]2O[C@@](O[C@H]3[C@@H](O)[C@@H](CO)O[C@@H](O[C@H]4[C@H](O)[C@@H](O)C(O)O[C@@H]4CO)[C@@H]3O)(C(=O)O)C[C@H](O)[C@H]2NC(=O)CO)(C(=O)O)C[C@@H]1O. The molecule has 0 aromatic carbocycles. The lowest BCUT2D eigenvalue weighted by Crippen LogP contribution is -2.72. The Labute approximate surface area is 360 Å². The molecule has 19 N–H and O–H groups in total. The smallest absolute Gasteiger partial charge is 0.364 e. The Morgan fingerprint density at radius 2 is 1.22 bits per heavy atom. The first-order chi connectivity index (χ1) is 30.0. The molecule has 0 bridgehead atoms. The van der Waals surface area contributed by atoms with Gasteiger partial charge in [-0.1, -0.05) is 0 Å². The number of carboxylic acids is 2. The van der Waals surface area contributed by atoms with Crippen molar-refractivity contribution in [2.45, 2.75) is 154 Å². The zero-order valence-corrected chi connectivity index (χ0v) is 33.6. The van der Waals surface area contributed by atoms with E-state index in [1.807, 2.05) is 5.32 Å². The highest BCUT2D eigenvalue weighted by Crippen LogP contribution is 2.40. The minimum Gasteiger partial charge on any atom is -0.477 e. The van der Waals surface area contributed by atoms with Gasteiger partial charge in [-0.3, -0.25) is 9.59 Å². The highest BCUT2D eigenvalue weighted by atomic mass is 16.8. The molecule has 0 radical (unpaired) electrons. The molecule has 30 heteroatoms. The van der Waals surface area contributed by atoms with Crippen LogP contribution in [0.15, 0.2) is 0 Å². The molecule has 4 saturated heterocycles. The first-order valence-electron chi connectivity index (χ1n) is 19.5. The van der Waals surface area contributed by atoms with Crippen molar-refractivity contribution < 1.29 is 139 Å². The molecule has 4 fully saturated rings. The summed E-state index contributed by atoms with van der Waals surface area (Å²) in [5, 5.41) is 183. The zero-order valence-electron chi connectivity index (χ0n) is 33.6. The molecule has 30 nitrogen and oxygen atoms in total. The van der Waals surface area contributed by atoms with Gasteiger partial charge in [0.25, 0.3) is 11.6 Å². The zero-order chi connectivity index (χ0) is 48.2. The van der Waals surface area contributed by atoms with Crippen molar-refractivity contribution in [3.63, 3.8) is 0 Å². The van der Waals surface area contributed by atoms with Crippen LogP contribution in [0.3, 0.4) is 0 Å². The van der Waals surface area contributed by atoms with Crippen LogP contribution in [0.5, 0.6) is 0 Å². The number of aliphatic hydroxyl groups excluding tert-OH is 15. The lowest BCUT2D eigenvalue weighted by molar-refractivity contribution is -0.387. The minimum atomic E-state index is -3.40. The number of amides is 2. The third-order valence-corrected chi connectivity index (χ3v) is 11.1. The second-order valence-corrected chi connectivity index (χ2v) is 15.5. The topological polar surface area (TPSA) is 501 Å². The predicted molar refractivity (Wildman–Crippen MR) is 193 cm³/mol. The summed E-state index contributed by atoms with van der Waals surface area (Å²) in [4.78, 5) is 50.4. The third-order valence-electron chi connectivity index (χ3n) is 11.1. The fourth-order valence-corrected chi connectivity index (χ4v) is 7.75. The van der Waals surface area contributed by atoms with E-state index in [-0.39, 0.29) is 0 Å². The molecule has 1 unspecified atom stereocenters. The summed E-state index contributed by atoms with van der Waals surface area (Å²) >= 11 is 0. The number of carboxylic acid groups (broad SMARTS) is 2. The van der Waals surface area contributed by atoms with Gasteiger partial charge in [0.1, 0.15) is 92.1 Å². The first kappa shape index (κ1) is 53.6. The number of carbonyl (C=O) groups is 4. The van der Waals surface area contributed by atoms with Gasteiger partial charge in [-0.2, -0.15) is 0 Å². The minimum absolute atomic E-state index is 0.854. The van der Waals surface area contributed by atoms with E-state index < -0.39 is 204 Å². The lowest BCUT2D eigenvalue weighted by Gasteiger charge is -2.51. The van der Waals surface area contributed by atoms with E-state index in [4.69, 9.17) is 33.2 Å². The van der Waals surface area contributed by atoms with Crippen molar-refractivity contribution in [2.24, 2.45) is 0 Å². The van der Waals surface area contributed by atoms with Gasteiger partial charge in [-0.15, -0.1) is 0 Å². The number of hydrogen-bond acceptors (Lipinski definition) is 26. The van der Waals surface area contributed by atoms with E-state index in [0.29, 0.717) is 0 Å². The van der Waals surface area contributed by atoms with Gasteiger partial charge in [0.2, 0.25) is 11.8 Å². The molecule has 64 heavy (non-hydrogen) atoms. The van der Waals surface area contributed by atoms with Gasteiger partial charge >= 0.3 is 11.9 Å². The van der Waals surface area contributed by atoms with E-state index >= 15 is 0 Å². The Balaban J connectivity index is 1.73. The number of hydrogen-bond donors (Lipinski definition) is 19. The van der Waals surface area contributed by atoms with Crippen LogP contribution in [0.4, 0.5) is 0 Å². The second kappa shape index (κ2) is 22.2. The molecule has 4 rings (SSSR count). The van der Waals surface area contributed by atoms with Crippen LogP contribution in [-0.2, 0) is 52.3 Å². The van der Waals surface area contributed by atoms with E-state index in [9.17, 15) is 106 Å². The number of aliphatic carboxylic acids is 2. The fourth-order valence-electron chi connectivity index (χ4n) is 7.75. The highest BCUT2D eigenvalue weighted by Gasteiger charge is 2.62. The Hall–Kier alpha value is -3.00. The van der Waals surface area contributed by atoms with E-state index in [2.05, 4.69) is 5.32 Å². The molecule has 4 heterocycles. The summed E-state index contributed by atoms with van der Waals surface area (Å²) in [7, 11) is 0. The largest absolute Gasteiger partial charge is 0.477 e. The highest BCUT2D eigenvalue weighted by molar-refractivity contribution is 5.78. The van der Waals surface area contributed by atoms with Crippen LogP contribution in [0, 0.1) is 0 Å². The maximum atomic E-state index is 13.2. The maximum Gasteiger partial charge on any atom is 0.364 e. The molecule has 0 aromatic rings. The summed E-state index contributed by atoms with van der Waals surface area (Å²) in [6, 6.07) is -3.75. The molecule has 22 atom stereocenters. The molecular weight excluding hydrogens is 884 g/mol. The average Bonchev–Trinajstić information content (AvgIpc) is 3.25. The molecule has 0 spiro atoms. The Morgan fingerprint density at radius 1 is 0.672 bits per heavy atom. The van der Waals surface area contributed by atoms with Crippen molar-refractivity contribution in [1.82, 2.24) is 10.6 Å². The van der Waals surface area contributed by atoms with E-state index in [1.165, 1.54) is 0 Å². The monoisotopic (exact) mass is 940 g/mol. The Bertz CT molecular complexity index is 1580. The van der Waals surface area contributed by atoms with E-state index in [0.717, 1.165) is 6.92 Å². The van der Waals surface area contributed by atoms with Crippen molar-refractivity contribution in [1.29, 1.82) is 0 Å². The van der Waals surface area contributed by atoms with E-state index in [1.54, 1.807) is 0 Å². The van der Waals surface area contributed by atoms with Crippen molar-refractivity contribution in [2.75, 3.05) is 33.0 Å². The molecule has 370 valence electrons. The Morgan fingerprint density at radius 3 is 1.73 bits per heavy atom. The lowest BCUT2D eigenvalue weighted by atomic mass is 9.87. The molecule has 0 saturated carbocycles. The molecule has 4 aliphatic heterocycles. The maximum absolute atomic E-state index is 13.2. The van der Waals surface area contributed by atoms with Gasteiger partial charge in [0, 0.05) is 19.8 Å². The van der Waals surface area contributed by atoms with Crippen molar-refractivity contribution >= 4 is 23.8 Å². The molecule has 0 aliphatic carbocycles. The van der Waals surface area contributed by atoms with Gasteiger partial charge in [0.15, 0.2) is 12.6 Å². The standard InChI is InChI=1S/C34H56N2O28/c1-9(42)35-17-10(43)2-33(31(54)55,62-26(17)19(47)12(45)4-37)61-14(6-39)21(49)27-18(36-16(46)8-41)11(44)3-34(63-27,32(56)57)64-28-20(48)13(5-38)59-30(24(28)52)60-25-15(7-40)58-29(53)23(51)22(25)50/h10-15,17-30,37-41,43-45,47-53H,2-8H2,1H3,(H,35,42)(H,36,46)(H,54,55)(H,56,57)/t10-,11-,12+,13+,14+,15+,17+,18+,19+,20-,21+,22+,23+,24+,25+,26+,27+,28-,29?,30-,33+,34-/m0/s1. The number of nitrogens with one attached hydrogen (secondary N) is 2. The van der Waals surface area contributed by atoms with Crippen LogP contribution in [0.1, 0.15) is 19.8 Å². The predicted octanol–water partition coefficient (Wildman–Crippen LogP) is -12.1. The molecule has 2 amide bonds. The van der Waals surface area contributed by atoms with Crippen LogP contribution < -0.4 is 10.6 Å². The van der Waals surface area contributed by atoms with Crippen molar-refractivity contribution in [3.8, 4) is 0 Å². The summed E-state index contributed by atoms with van der Waals surface area (Å²) in [5.41, 5.74) is 0. The second-order valence-electron chi connectivity index (χ2n) is 15.5. The quantitative estimate of drug-likeness (QED) is 0.0572. The summed E-state index contributed by atoms with van der Waals surface area (Å²) < 4.78 is 38.3. The van der Waals surface area contributed by atoms with Gasteiger partial charge in [-0.05, 0) is 0 Å². The van der Waals surface area contributed by atoms with Crippen LogP contribution in [0.2, 0.25) is 0 Å². The van der Waals surface area contributed by atoms with Crippen LogP contribution in [0.25, 0.3) is 0 Å². The Kier molecular flexibility index (Phi) is 18.6. The van der Waals surface area contributed by atoms with Gasteiger partial charge in [-0.25, -0.2) is 9.59 Å². The van der Waals surface area contributed by atoms with Crippen LogP contribution >= 0.6 is 0 Å². The first-order valence-corrected chi connectivity index (χ1v) is 19.5.